The Hall–Kier alpha value is 2.14. The number of hydrogen-bond acceptors (Lipinski definition) is 0. The molecule has 0 spiro atoms. The van der Waals surface area contributed by atoms with Crippen LogP contribution in [0.5, 0.6) is 0 Å². The molecule has 0 aliphatic heterocycles. The minimum atomic E-state index is 0. The Labute approximate surface area is 74.4 Å². The van der Waals surface area contributed by atoms with Gasteiger partial charge >= 0.3 is 38.2 Å². The summed E-state index contributed by atoms with van der Waals surface area (Å²) in [6, 6.07) is 0. The van der Waals surface area contributed by atoms with Crippen LogP contribution in [0.15, 0.2) is 0 Å². The van der Waals surface area contributed by atoms with Crippen molar-refractivity contribution in [2.75, 3.05) is 0 Å². The van der Waals surface area contributed by atoms with Crippen LogP contribution < -0.4 is 37.2 Å². The van der Waals surface area contributed by atoms with E-state index in [4.69, 9.17) is 0 Å². The van der Waals surface area contributed by atoms with E-state index in [-0.39, 0.29) is 75.4 Å². The van der Waals surface area contributed by atoms with Crippen LogP contribution in [-0.2, 0) is 0 Å². The molecule has 0 unspecified atom stereocenters. The molecule has 31 valence electrons. The van der Waals surface area contributed by atoms with Crippen molar-refractivity contribution in [2.24, 2.45) is 0 Å². The predicted octanol–water partition coefficient (Wildman–Crippen LogP) is -8.99. The molecule has 0 fully saturated rings. The van der Waals surface area contributed by atoms with E-state index in [1.807, 2.05) is 0 Å². The normalized spacial score (nSPS) is 0. The van der Waals surface area contributed by atoms with Crippen molar-refractivity contribution in [1.29, 1.82) is 0 Å². The summed E-state index contributed by atoms with van der Waals surface area (Å²) in [5.74, 6) is 0. The Morgan fingerprint density at radius 3 is 0.500 bits per heavy atom. The van der Waals surface area contributed by atoms with Crippen molar-refractivity contribution in [3.8, 4) is 0 Å². The standard InChI is InChI=1S/3ClH.Dy/h3*1H;/q;;;+3/p-3. The predicted molar refractivity (Wildman–Crippen MR) is 0 cm³/mol. The third kappa shape index (κ3) is 8.91. The summed E-state index contributed by atoms with van der Waals surface area (Å²) in [7, 11) is 0. The topological polar surface area (TPSA) is 0 Å². The molecule has 0 N–H and O–H groups in total. The second-order valence-corrected chi connectivity index (χ2v) is 0. The Bertz CT molecular complexity index is 3.25. The summed E-state index contributed by atoms with van der Waals surface area (Å²) in [6.07, 6.45) is 0. The number of hydrogen-bond donors (Lipinski definition) is 0. The van der Waals surface area contributed by atoms with Gasteiger partial charge in [-0.1, -0.05) is 0 Å². The molecular weight excluding hydrogens is 269 g/mol. The van der Waals surface area contributed by atoms with Gasteiger partial charge in [-0.05, 0) is 0 Å². The van der Waals surface area contributed by atoms with E-state index < -0.39 is 0 Å². The largest absolute Gasteiger partial charge is 3.00 e. The van der Waals surface area contributed by atoms with E-state index in [1.165, 1.54) is 0 Å². The van der Waals surface area contributed by atoms with E-state index >= 15 is 0 Å². The van der Waals surface area contributed by atoms with Crippen LogP contribution in [0.4, 0.5) is 0 Å². The van der Waals surface area contributed by atoms with Crippen LogP contribution >= 0.6 is 0 Å². The number of halogens is 3. The molecule has 0 amide bonds. The molecule has 0 atom stereocenters. The van der Waals surface area contributed by atoms with Gasteiger partial charge < -0.3 is 37.2 Å². The third-order valence-corrected chi connectivity index (χ3v) is 0. The summed E-state index contributed by atoms with van der Waals surface area (Å²) in [5, 5.41) is 0. The van der Waals surface area contributed by atoms with Gasteiger partial charge in [-0.2, -0.15) is 0 Å². The quantitative estimate of drug-likeness (QED) is 0.410. The zero-order chi connectivity index (χ0) is 0. The van der Waals surface area contributed by atoms with E-state index in [0.29, 0.717) is 0 Å². The SMILES string of the molecule is [Cl-].[Cl-].[Cl-].[Dy+3]. The molecule has 1 radical (unpaired) electrons. The van der Waals surface area contributed by atoms with E-state index in [1.54, 1.807) is 0 Å². The first-order chi connectivity index (χ1) is 0. The Morgan fingerprint density at radius 2 is 0.500 bits per heavy atom. The second-order valence-electron chi connectivity index (χ2n) is 0. The average Bonchev–Trinajstić information content (AvgIpc) is 0. The Balaban J connectivity index is 0. The summed E-state index contributed by atoms with van der Waals surface area (Å²) in [4.78, 5) is 0. The first-order valence-corrected chi connectivity index (χ1v) is 0. The van der Waals surface area contributed by atoms with Gasteiger partial charge in [-0.15, -0.1) is 0 Å². The van der Waals surface area contributed by atoms with Gasteiger partial charge in [0.1, 0.15) is 0 Å². The molecule has 0 aliphatic rings. The van der Waals surface area contributed by atoms with Crippen LogP contribution in [0.3, 0.4) is 0 Å². The molecule has 4 heavy (non-hydrogen) atoms. The Morgan fingerprint density at radius 1 is 0.500 bits per heavy atom. The van der Waals surface area contributed by atoms with E-state index in [0.717, 1.165) is 0 Å². The maximum absolute atomic E-state index is 0. The summed E-state index contributed by atoms with van der Waals surface area (Å²) in [5.41, 5.74) is 0. The minimum Gasteiger partial charge on any atom is -1.00 e. The van der Waals surface area contributed by atoms with Crippen LogP contribution in [0.2, 0.25) is 0 Å². The molecule has 0 heterocycles. The van der Waals surface area contributed by atoms with Crippen molar-refractivity contribution in [1.82, 2.24) is 0 Å². The molecule has 0 bridgehead atoms. The van der Waals surface area contributed by atoms with Gasteiger partial charge in [0.2, 0.25) is 0 Å². The molecule has 0 saturated carbocycles. The van der Waals surface area contributed by atoms with Crippen LogP contribution in [0.25, 0.3) is 0 Å². The molecule has 0 aromatic carbocycles. The van der Waals surface area contributed by atoms with Gasteiger partial charge in [0.15, 0.2) is 0 Å². The first kappa shape index (κ1) is 35.4. The summed E-state index contributed by atoms with van der Waals surface area (Å²) >= 11 is 0. The number of rotatable bonds is 0. The molecular formula is Cl3Dy. The molecule has 0 aliphatic carbocycles. The van der Waals surface area contributed by atoms with Crippen molar-refractivity contribution in [3.05, 3.63) is 0 Å². The van der Waals surface area contributed by atoms with Gasteiger partial charge in [-0.25, -0.2) is 0 Å². The maximum atomic E-state index is 0. The second kappa shape index (κ2) is 19.2. The first-order valence-electron chi connectivity index (χ1n) is 0. The maximum Gasteiger partial charge on any atom is 3.00 e. The van der Waals surface area contributed by atoms with Crippen molar-refractivity contribution >= 4 is 0 Å². The van der Waals surface area contributed by atoms with Crippen LogP contribution in [0, 0.1) is 38.2 Å². The Kier molecular flexibility index (Phi) is 170. The molecule has 0 aromatic rings. The van der Waals surface area contributed by atoms with Gasteiger partial charge in [0.25, 0.3) is 0 Å². The monoisotopic (exact) mass is 269 g/mol. The van der Waals surface area contributed by atoms with Crippen LogP contribution in [0.1, 0.15) is 0 Å². The molecule has 0 nitrogen and oxygen atoms in total. The smallest absolute Gasteiger partial charge is 1.00 e. The molecule has 0 saturated heterocycles. The minimum absolute atomic E-state index is 0. The van der Waals surface area contributed by atoms with Crippen LogP contribution in [-0.4, -0.2) is 0 Å². The zero-order valence-electron chi connectivity index (χ0n) is 1.45. The molecule has 0 rings (SSSR count). The summed E-state index contributed by atoms with van der Waals surface area (Å²) in [6.45, 7) is 0. The van der Waals surface area contributed by atoms with Gasteiger partial charge in [0.05, 0.1) is 0 Å². The van der Waals surface area contributed by atoms with Gasteiger partial charge in [0, 0.05) is 0 Å². The fourth-order valence-corrected chi connectivity index (χ4v) is 0. The fourth-order valence-electron chi connectivity index (χ4n) is 0. The average molecular weight is 269 g/mol. The summed E-state index contributed by atoms with van der Waals surface area (Å²) < 4.78 is 0. The van der Waals surface area contributed by atoms with E-state index in [9.17, 15) is 0 Å². The van der Waals surface area contributed by atoms with Crippen molar-refractivity contribution in [2.45, 2.75) is 0 Å². The van der Waals surface area contributed by atoms with Crippen molar-refractivity contribution < 1.29 is 75.4 Å². The van der Waals surface area contributed by atoms with E-state index in [2.05, 4.69) is 0 Å². The van der Waals surface area contributed by atoms with Gasteiger partial charge in [-0.3, -0.25) is 0 Å². The molecule has 4 heteroatoms. The fraction of sp³-hybridized carbons (Fsp3) is 0. The third-order valence-electron chi connectivity index (χ3n) is 0. The zero-order valence-corrected chi connectivity index (χ0v) is 5.75. The van der Waals surface area contributed by atoms with Crippen molar-refractivity contribution in [3.63, 3.8) is 0 Å². The molecule has 0 aromatic heterocycles.